The fraction of sp³-hybridized carbons (Fsp3) is 0.0370. The molecule has 60 heavy (non-hydrogen) atoms. The minimum atomic E-state index is -2.88. The van der Waals surface area contributed by atoms with Gasteiger partial charge in [-0.1, -0.05) is 103 Å². The van der Waals surface area contributed by atoms with E-state index in [1.54, 1.807) is 0 Å². The third kappa shape index (κ3) is 5.92. The van der Waals surface area contributed by atoms with Crippen LogP contribution in [0.15, 0.2) is 176 Å². The van der Waals surface area contributed by atoms with Crippen LogP contribution in [0, 0.1) is 36.5 Å². The summed E-state index contributed by atoms with van der Waals surface area (Å²) in [5.74, 6) is 0. The first kappa shape index (κ1) is 36.8. The van der Waals surface area contributed by atoms with Gasteiger partial charge in [0.25, 0.3) is 0 Å². The Kier molecular flexibility index (Phi) is 9.01. The van der Waals surface area contributed by atoms with Crippen molar-refractivity contribution in [1.29, 1.82) is 10.5 Å². The molecule has 6 heteroatoms. The number of fused-ring (bicyclic) bond motifs is 6. The Labute approximate surface area is 348 Å². The molecule has 10 rings (SSSR count). The number of hydrogen-bond donors (Lipinski definition) is 1. The van der Waals surface area contributed by atoms with Crippen molar-refractivity contribution >= 4 is 66.8 Å². The summed E-state index contributed by atoms with van der Waals surface area (Å²) in [7, 11) is -2.88. The molecule has 0 atom stereocenters. The lowest BCUT2D eigenvalue weighted by atomic mass is 9.85. The third-order valence-electron chi connectivity index (χ3n) is 11.8. The summed E-state index contributed by atoms with van der Waals surface area (Å²) < 4.78 is 0. The lowest BCUT2D eigenvalue weighted by molar-refractivity contribution is 0.633. The maximum atomic E-state index is 12.6. The van der Waals surface area contributed by atoms with Crippen molar-refractivity contribution in [2.24, 2.45) is 0 Å². The van der Waals surface area contributed by atoms with E-state index in [0.717, 1.165) is 104 Å². The first-order valence-corrected chi connectivity index (χ1v) is 21.6. The van der Waals surface area contributed by atoms with E-state index in [9.17, 15) is 15.4 Å². The van der Waals surface area contributed by atoms with Crippen molar-refractivity contribution in [1.82, 2.24) is 9.97 Å². The van der Waals surface area contributed by atoms with Crippen LogP contribution in [-0.2, 0) is 0 Å². The van der Waals surface area contributed by atoms with Gasteiger partial charge in [0.05, 0.1) is 45.7 Å². The van der Waals surface area contributed by atoms with Crippen molar-refractivity contribution in [3.63, 3.8) is 0 Å². The molecule has 2 aromatic heterocycles. The largest absolute Gasteiger partial charge is 0.247 e. The quantitative estimate of drug-likeness (QED) is 0.103. The van der Waals surface area contributed by atoms with E-state index in [1.165, 1.54) is 0 Å². The van der Waals surface area contributed by atoms with E-state index in [-0.39, 0.29) is 0 Å². The van der Waals surface area contributed by atoms with E-state index in [0.29, 0.717) is 11.1 Å². The van der Waals surface area contributed by atoms with Crippen LogP contribution in [0.1, 0.15) is 22.3 Å². The molecule has 0 aliphatic carbocycles. The second-order valence-corrected chi connectivity index (χ2v) is 18.0. The topological polar surface area (TPSA) is 93.6 Å². The molecule has 2 heterocycles. The SMILES string of the molecule is Cc1c2c(-c3ccc(C#N)cc3)nc3cc(-c4ccc([P+](O)(c5ccccc5)c5ccccc5)cc4)ccc3c2c(C)c2c(-c3ccc(C#N)cc3)nc3ccccc3c12. The van der Waals surface area contributed by atoms with E-state index >= 15 is 0 Å². The van der Waals surface area contributed by atoms with Crippen LogP contribution in [0.25, 0.3) is 77.0 Å². The molecule has 0 aliphatic heterocycles. The molecular weight excluding hydrogens is 752 g/mol. The van der Waals surface area contributed by atoms with Crippen molar-refractivity contribution in [2.75, 3.05) is 0 Å². The number of para-hydroxylation sites is 1. The van der Waals surface area contributed by atoms with Gasteiger partial charge in [-0.15, -0.1) is 0 Å². The number of aryl methyl sites for hydroxylation is 2. The monoisotopic (exact) mass is 787 g/mol. The summed E-state index contributed by atoms with van der Waals surface area (Å²) in [4.78, 5) is 23.3. The summed E-state index contributed by atoms with van der Waals surface area (Å²) in [6.45, 7) is 4.37. The number of rotatable bonds is 6. The fourth-order valence-electron chi connectivity index (χ4n) is 8.84. The van der Waals surface area contributed by atoms with Gasteiger partial charge in [0.2, 0.25) is 7.49 Å². The highest BCUT2D eigenvalue weighted by molar-refractivity contribution is 7.91. The van der Waals surface area contributed by atoms with Gasteiger partial charge in [-0.2, -0.15) is 10.5 Å². The number of aromatic nitrogens is 2. The molecule has 0 radical (unpaired) electrons. The number of nitrogens with zero attached hydrogens (tertiary/aromatic N) is 4. The molecule has 0 bridgehead atoms. The maximum Gasteiger partial charge on any atom is 0.238 e. The van der Waals surface area contributed by atoms with Crippen LogP contribution in [0.4, 0.5) is 0 Å². The van der Waals surface area contributed by atoms with Gasteiger partial charge in [0.15, 0.2) is 0 Å². The molecule has 0 saturated heterocycles. The summed E-state index contributed by atoms with van der Waals surface area (Å²) >= 11 is 0. The van der Waals surface area contributed by atoms with Gasteiger partial charge >= 0.3 is 0 Å². The average molecular weight is 788 g/mol. The summed E-state index contributed by atoms with van der Waals surface area (Å²) in [5, 5.41) is 28.4. The molecule has 0 spiro atoms. The molecule has 8 aromatic carbocycles. The Hall–Kier alpha value is -7.53. The zero-order valence-electron chi connectivity index (χ0n) is 32.9. The van der Waals surface area contributed by atoms with Crippen molar-refractivity contribution in [3.8, 4) is 45.8 Å². The highest BCUT2D eigenvalue weighted by Crippen LogP contribution is 2.51. The predicted octanol–water partition coefficient (Wildman–Crippen LogP) is 11.7. The summed E-state index contributed by atoms with van der Waals surface area (Å²) in [5.41, 5.74) is 10.7. The second kappa shape index (κ2) is 14.7. The standard InChI is InChI=1S/C54H36N4OP/c1-34-49-45-15-9-10-16-47(45)57-53(39-21-17-36(32-55)18-22-39)51(49)35(2)50-46-30-27-41(31-48(46)58-54(52(34)50)40-23-19-37(33-56)20-24-40)38-25-28-44(29-26-38)60(59,42-11-5-3-6-12-42)43-13-7-4-8-14-43/h3-31,59H,1-2H3/q+1. The molecule has 10 aromatic rings. The minimum Gasteiger partial charge on any atom is -0.247 e. The number of benzene rings is 8. The number of nitriles is 2. The highest BCUT2D eigenvalue weighted by Gasteiger charge is 2.44. The Balaban J connectivity index is 1.22. The van der Waals surface area contributed by atoms with Gasteiger partial charge in [0, 0.05) is 32.7 Å². The van der Waals surface area contributed by atoms with Crippen molar-refractivity contribution in [3.05, 3.63) is 198 Å². The van der Waals surface area contributed by atoms with Crippen LogP contribution in [0.5, 0.6) is 0 Å². The molecule has 1 N–H and O–H groups in total. The van der Waals surface area contributed by atoms with E-state index < -0.39 is 7.49 Å². The molecule has 0 saturated carbocycles. The smallest absolute Gasteiger partial charge is 0.238 e. The van der Waals surface area contributed by atoms with Crippen LogP contribution in [-0.4, -0.2) is 14.9 Å². The molecule has 0 amide bonds. The second-order valence-electron chi connectivity index (χ2n) is 15.2. The Morgan fingerprint density at radius 2 is 0.833 bits per heavy atom. The van der Waals surface area contributed by atoms with E-state index in [4.69, 9.17) is 9.97 Å². The molecular formula is C54H36N4OP+. The maximum absolute atomic E-state index is 12.6. The van der Waals surface area contributed by atoms with Gasteiger partial charge in [-0.25, -0.2) is 14.9 Å². The molecule has 0 aliphatic rings. The van der Waals surface area contributed by atoms with Crippen molar-refractivity contribution < 1.29 is 4.89 Å². The predicted molar refractivity (Wildman–Crippen MR) is 248 cm³/mol. The Morgan fingerprint density at radius 1 is 0.417 bits per heavy atom. The Morgan fingerprint density at radius 3 is 1.35 bits per heavy atom. The van der Waals surface area contributed by atoms with Gasteiger partial charge < -0.3 is 0 Å². The average Bonchev–Trinajstić information content (AvgIpc) is 3.32. The zero-order chi connectivity index (χ0) is 41.0. The van der Waals surface area contributed by atoms with Gasteiger partial charge in [-0.3, -0.25) is 0 Å². The number of hydrogen-bond acceptors (Lipinski definition) is 5. The Bertz CT molecular complexity index is 3350. The van der Waals surface area contributed by atoms with Gasteiger partial charge in [0.1, 0.15) is 15.9 Å². The summed E-state index contributed by atoms with van der Waals surface area (Å²) in [6, 6.07) is 62.9. The molecule has 0 unspecified atom stereocenters. The molecule has 0 fully saturated rings. The fourth-order valence-corrected chi connectivity index (χ4v) is 11.5. The lowest BCUT2D eigenvalue weighted by Crippen LogP contribution is -2.30. The van der Waals surface area contributed by atoms with Crippen LogP contribution >= 0.6 is 7.49 Å². The van der Waals surface area contributed by atoms with E-state index in [1.807, 2.05) is 115 Å². The third-order valence-corrected chi connectivity index (χ3v) is 14.9. The normalized spacial score (nSPS) is 11.6. The molecule has 5 nitrogen and oxygen atoms in total. The molecule has 282 valence electrons. The minimum absolute atomic E-state index is 0.589. The van der Waals surface area contributed by atoms with E-state index in [2.05, 4.69) is 86.6 Å². The van der Waals surface area contributed by atoms with Crippen LogP contribution in [0.3, 0.4) is 0 Å². The van der Waals surface area contributed by atoms with Crippen LogP contribution in [0.2, 0.25) is 0 Å². The lowest BCUT2D eigenvalue weighted by Gasteiger charge is -2.21. The summed E-state index contributed by atoms with van der Waals surface area (Å²) in [6.07, 6.45) is 0. The van der Waals surface area contributed by atoms with Crippen molar-refractivity contribution in [2.45, 2.75) is 13.8 Å². The van der Waals surface area contributed by atoms with Crippen LogP contribution < -0.4 is 15.9 Å². The van der Waals surface area contributed by atoms with Gasteiger partial charge in [-0.05, 0) is 120 Å². The highest BCUT2D eigenvalue weighted by atomic mass is 31.2. The first-order valence-electron chi connectivity index (χ1n) is 19.8. The zero-order valence-corrected chi connectivity index (χ0v) is 33.8. The number of pyridine rings is 2. The first-order chi connectivity index (χ1) is 29.4.